The molecule has 0 saturated heterocycles. The van der Waals surface area contributed by atoms with Crippen molar-refractivity contribution in [3.63, 3.8) is 0 Å². The number of hydrogen-bond acceptors (Lipinski definition) is 1. The van der Waals surface area contributed by atoms with Crippen molar-refractivity contribution in [1.82, 2.24) is 4.98 Å². The van der Waals surface area contributed by atoms with Gasteiger partial charge in [-0.05, 0) is 41.5 Å². The second kappa shape index (κ2) is 6.89. The quantitative estimate of drug-likeness (QED) is 0.422. The third kappa shape index (κ3) is 3.24. The SMILES string of the molecule is Fc1cccc(-c2cnc(-c3ccccc3)c(-c3cccc(F)c3)c2)c1. The summed E-state index contributed by atoms with van der Waals surface area (Å²) in [6.07, 6.45) is 1.72. The number of rotatable bonds is 3. The van der Waals surface area contributed by atoms with E-state index in [9.17, 15) is 8.78 Å². The summed E-state index contributed by atoms with van der Waals surface area (Å²) in [6.45, 7) is 0. The lowest BCUT2D eigenvalue weighted by atomic mass is 9.96. The van der Waals surface area contributed by atoms with Crippen LogP contribution >= 0.6 is 0 Å². The maximum absolute atomic E-state index is 13.8. The summed E-state index contributed by atoms with van der Waals surface area (Å²) in [5, 5.41) is 0. The van der Waals surface area contributed by atoms with Crippen molar-refractivity contribution in [2.75, 3.05) is 0 Å². The van der Waals surface area contributed by atoms with Crippen molar-refractivity contribution in [3.8, 4) is 33.5 Å². The van der Waals surface area contributed by atoms with E-state index in [1.54, 1.807) is 18.3 Å². The summed E-state index contributed by atoms with van der Waals surface area (Å²) in [7, 11) is 0. The second-order valence-electron chi connectivity index (χ2n) is 6.01. The number of nitrogens with zero attached hydrogens (tertiary/aromatic N) is 1. The number of hydrogen-bond donors (Lipinski definition) is 0. The molecule has 0 aliphatic rings. The lowest BCUT2D eigenvalue weighted by molar-refractivity contribution is 0.628. The third-order valence-electron chi connectivity index (χ3n) is 4.23. The zero-order valence-electron chi connectivity index (χ0n) is 13.9. The van der Waals surface area contributed by atoms with E-state index < -0.39 is 0 Å². The summed E-state index contributed by atoms with van der Waals surface area (Å²) < 4.78 is 27.4. The maximum atomic E-state index is 13.8. The normalized spacial score (nSPS) is 10.7. The molecule has 0 saturated carbocycles. The van der Waals surface area contributed by atoms with Crippen LogP contribution in [-0.2, 0) is 0 Å². The molecule has 1 heterocycles. The Morgan fingerprint density at radius 1 is 0.538 bits per heavy atom. The molecular formula is C23H15F2N. The summed E-state index contributed by atoms with van der Waals surface area (Å²) in [6, 6.07) is 24.5. The first-order valence-corrected chi connectivity index (χ1v) is 8.28. The van der Waals surface area contributed by atoms with E-state index in [-0.39, 0.29) is 11.6 Å². The van der Waals surface area contributed by atoms with Gasteiger partial charge >= 0.3 is 0 Å². The van der Waals surface area contributed by atoms with Gasteiger partial charge in [0.15, 0.2) is 0 Å². The molecule has 0 N–H and O–H groups in total. The molecule has 4 rings (SSSR count). The molecule has 4 aromatic rings. The van der Waals surface area contributed by atoms with Gasteiger partial charge in [-0.3, -0.25) is 4.98 Å². The van der Waals surface area contributed by atoms with Gasteiger partial charge < -0.3 is 0 Å². The number of benzene rings is 3. The Balaban J connectivity index is 1.93. The molecule has 0 aliphatic heterocycles. The molecule has 0 radical (unpaired) electrons. The molecule has 1 aromatic heterocycles. The van der Waals surface area contributed by atoms with Gasteiger partial charge in [-0.25, -0.2) is 8.78 Å². The number of pyridine rings is 1. The summed E-state index contributed by atoms with van der Waals surface area (Å²) in [4.78, 5) is 4.62. The fourth-order valence-electron chi connectivity index (χ4n) is 2.99. The Bertz CT molecular complexity index is 1060. The predicted octanol–water partition coefficient (Wildman–Crippen LogP) is 6.36. The summed E-state index contributed by atoms with van der Waals surface area (Å²) in [5.41, 5.74) is 4.75. The first-order chi connectivity index (χ1) is 12.7. The Morgan fingerprint density at radius 2 is 1.15 bits per heavy atom. The van der Waals surface area contributed by atoms with E-state index in [0.29, 0.717) is 0 Å². The van der Waals surface area contributed by atoms with Crippen molar-refractivity contribution in [2.45, 2.75) is 0 Å². The molecule has 3 heteroatoms. The molecule has 0 unspecified atom stereocenters. The van der Waals surface area contributed by atoms with E-state index in [0.717, 1.165) is 33.5 Å². The molecule has 0 amide bonds. The van der Waals surface area contributed by atoms with Crippen LogP contribution in [0.2, 0.25) is 0 Å². The van der Waals surface area contributed by atoms with Crippen molar-refractivity contribution in [1.29, 1.82) is 0 Å². The van der Waals surface area contributed by atoms with Crippen LogP contribution in [0.4, 0.5) is 8.78 Å². The zero-order chi connectivity index (χ0) is 17.9. The fraction of sp³-hybridized carbons (Fsp3) is 0. The van der Waals surface area contributed by atoms with Gasteiger partial charge in [0.25, 0.3) is 0 Å². The zero-order valence-corrected chi connectivity index (χ0v) is 13.9. The molecule has 0 bridgehead atoms. The van der Waals surface area contributed by atoms with Crippen LogP contribution in [-0.4, -0.2) is 4.98 Å². The number of aromatic nitrogens is 1. The van der Waals surface area contributed by atoms with E-state index >= 15 is 0 Å². The van der Waals surface area contributed by atoms with Crippen molar-refractivity contribution >= 4 is 0 Å². The third-order valence-corrected chi connectivity index (χ3v) is 4.23. The lowest BCUT2D eigenvalue weighted by Gasteiger charge is -2.12. The first kappa shape index (κ1) is 16.2. The highest BCUT2D eigenvalue weighted by Gasteiger charge is 2.12. The van der Waals surface area contributed by atoms with Gasteiger partial charge in [0.2, 0.25) is 0 Å². The molecule has 0 spiro atoms. The molecular weight excluding hydrogens is 328 g/mol. The number of halogens is 2. The average Bonchev–Trinajstić information content (AvgIpc) is 2.68. The maximum Gasteiger partial charge on any atom is 0.123 e. The molecule has 0 atom stereocenters. The van der Waals surface area contributed by atoms with Crippen molar-refractivity contribution in [2.24, 2.45) is 0 Å². The van der Waals surface area contributed by atoms with E-state index in [1.807, 2.05) is 48.5 Å². The molecule has 3 aromatic carbocycles. The highest BCUT2D eigenvalue weighted by molar-refractivity contribution is 5.84. The minimum atomic E-state index is -0.308. The first-order valence-electron chi connectivity index (χ1n) is 8.28. The lowest BCUT2D eigenvalue weighted by Crippen LogP contribution is -1.92. The molecule has 126 valence electrons. The Morgan fingerprint density at radius 3 is 1.85 bits per heavy atom. The van der Waals surface area contributed by atoms with Crippen LogP contribution in [0.1, 0.15) is 0 Å². The fourth-order valence-corrected chi connectivity index (χ4v) is 2.99. The van der Waals surface area contributed by atoms with Gasteiger partial charge in [-0.2, -0.15) is 0 Å². The minimum Gasteiger partial charge on any atom is -0.255 e. The summed E-state index contributed by atoms with van der Waals surface area (Å²) >= 11 is 0. The summed E-state index contributed by atoms with van der Waals surface area (Å²) in [5.74, 6) is -0.611. The van der Waals surface area contributed by atoms with Crippen LogP contribution < -0.4 is 0 Å². The van der Waals surface area contributed by atoms with E-state index in [4.69, 9.17) is 0 Å². The van der Waals surface area contributed by atoms with E-state index in [2.05, 4.69) is 4.98 Å². The Kier molecular flexibility index (Phi) is 4.28. The topological polar surface area (TPSA) is 12.9 Å². The van der Waals surface area contributed by atoms with Crippen molar-refractivity contribution < 1.29 is 8.78 Å². The highest BCUT2D eigenvalue weighted by atomic mass is 19.1. The standard InChI is InChI=1S/C23H15F2N/c24-20-10-4-8-17(12-20)19-14-22(18-9-5-11-21(25)13-18)23(26-15-19)16-6-2-1-3-7-16/h1-15H. The Hall–Kier alpha value is -3.33. The monoisotopic (exact) mass is 343 g/mol. The average molecular weight is 343 g/mol. The van der Waals surface area contributed by atoms with Gasteiger partial charge in [0, 0.05) is 22.9 Å². The Labute approximate surface area is 150 Å². The largest absolute Gasteiger partial charge is 0.255 e. The van der Waals surface area contributed by atoms with Gasteiger partial charge in [0.05, 0.1) is 5.69 Å². The molecule has 26 heavy (non-hydrogen) atoms. The molecule has 1 nitrogen and oxygen atoms in total. The van der Waals surface area contributed by atoms with Gasteiger partial charge in [-0.1, -0.05) is 54.6 Å². The highest BCUT2D eigenvalue weighted by Crippen LogP contribution is 2.34. The molecule has 0 fully saturated rings. The minimum absolute atomic E-state index is 0.304. The molecule has 0 aliphatic carbocycles. The van der Waals surface area contributed by atoms with Crippen LogP contribution in [0.15, 0.2) is 91.1 Å². The smallest absolute Gasteiger partial charge is 0.123 e. The van der Waals surface area contributed by atoms with Crippen molar-refractivity contribution in [3.05, 3.63) is 103 Å². The van der Waals surface area contributed by atoms with Crippen LogP contribution in [0.5, 0.6) is 0 Å². The van der Waals surface area contributed by atoms with Crippen LogP contribution in [0, 0.1) is 11.6 Å². The van der Waals surface area contributed by atoms with Crippen LogP contribution in [0.25, 0.3) is 33.5 Å². The van der Waals surface area contributed by atoms with Gasteiger partial charge in [-0.15, -0.1) is 0 Å². The second-order valence-corrected chi connectivity index (χ2v) is 6.01. The predicted molar refractivity (Wildman–Crippen MR) is 100 cm³/mol. The van der Waals surface area contributed by atoms with E-state index in [1.165, 1.54) is 24.3 Å². The van der Waals surface area contributed by atoms with Gasteiger partial charge in [0.1, 0.15) is 11.6 Å². The van der Waals surface area contributed by atoms with Crippen LogP contribution in [0.3, 0.4) is 0 Å².